The Morgan fingerprint density at radius 1 is 1.17 bits per heavy atom. The van der Waals surface area contributed by atoms with Gasteiger partial charge in [0.15, 0.2) is 5.01 Å². The molecule has 2 aliphatic heterocycles. The Hall–Kier alpha value is -3.59. The minimum absolute atomic E-state index is 0.228. The molecule has 2 aliphatic rings. The Kier molecular flexibility index (Phi) is 6.00. The molecule has 6 heterocycles. The standard InChI is InChI=1S/C25H27N9OS/c1-16(2)29-21-10-22(23-4-3-18-9-17(11-26)12-28-34(18)23)27-13-20(21)24-30-31-25(36-24)33-6-5-32-7-8-35-15-19(32)14-33/h3-4,9-10,12-13,16,19H,5-8,14-15H2,1-2H3,(H,27,29)/t19-/m1/s1. The summed E-state index contributed by atoms with van der Waals surface area (Å²) >= 11 is 1.60. The molecule has 2 fully saturated rings. The van der Waals surface area contributed by atoms with E-state index in [1.807, 2.05) is 30.5 Å². The zero-order valence-corrected chi connectivity index (χ0v) is 21.1. The summed E-state index contributed by atoms with van der Waals surface area (Å²) in [5.74, 6) is 0. The van der Waals surface area contributed by atoms with Crippen LogP contribution in [0, 0.1) is 11.3 Å². The number of hydrogen-bond acceptors (Lipinski definition) is 10. The second kappa shape index (κ2) is 9.46. The van der Waals surface area contributed by atoms with Crippen molar-refractivity contribution >= 4 is 27.7 Å². The number of rotatable bonds is 5. The summed E-state index contributed by atoms with van der Waals surface area (Å²) in [4.78, 5) is 9.60. The molecule has 6 rings (SSSR count). The molecule has 0 spiro atoms. The lowest BCUT2D eigenvalue weighted by Gasteiger charge is -2.43. The van der Waals surface area contributed by atoms with Gasteiger partial charge in [0.1, 0.15) is 6.07 Å². The molecule has 11 heteroatoms. The Morgan fingerprint density at radius 2 is 2.08 bits per heavy atom. The molecule has 0 amide bonds. The number of morpholine rings is 1. The van der Waals surface area contributed by atoms with E-state index in [0.717, 1.165) is 77.7 Å². The Balaban J connectivity index is 1.31. The van der Waals surface area contributed by atoms with E-state index < -0.39 is 0 Å². The Bertz CT molecular complexity index is 1440. The van der Waals surface area contributed by atoms with Crippen LogP contribution < -0.4 is 10.2 Å². The normalized spacial score (nSPS) is 18.4. The van der Waals surface area contributed by atoms with Gasteiger partial charge in [-0.25, -0.2) is 4.52 Å². The van der Waals surface area contributed by atoms with Crippen molar-refractivity contribution in [1.82, 2.24) is 29.7 Å². The van der Waals surface area contributed by atoms with E-state index in [-0.39, 0.29) is 6.04 Å². The second-order valence-electron chi connectivity index (χ2n) is 9.43. The van der Waals surface area contributed by atoms with Gasteiger partial charge < -0.3 is 15.0 Å². The number of anilines is 2. The number of nitrogens with one attached hydrogen (secondary N) is 1. The highest BCUT2D eigenvalue weighted by Gasteiger charge is 2.31. The average Bonchev–Trinajstić information content (AvgIpc) is 3.55. The first-order valence-electron chi connectivity index (χ1n) is 12.1. The molecule has 4 aromatic rings. The number of nitriles is 1. The highest BCUT2D eigenvalue weighted by atomic mass is 32.1. The maximum Gasteiger partial charge on any atom is 0.208 e. The van der Waals surface area contributed by atoms with Crippen molar-refractivity contribution in [3.05, 3.63) is 42.2 Å². The van der Waals surface area contributed by atoms with Crippen molar-refractivity contribution in [1.29, 1.82) is 5.26 Å². The summed E-state index contributed by atoms with van der Waals surface area (Å²) in [6.07, 6.45) is 3.43. The maximum atomic E-state index is 9.18. The third kappa shape index (κ3) is 4.28. The first kappa shape index (κ1) is 22.8. The molecule has 10 nitrogen and oxygen atoms in total. The van der Waals surface area contributed by atoms with Gasteiger partial charge in [0.25, 0.3) is 0 Å². The SMILES string of the molecule is CC(C)Nc1cc(-c2ccc3cc(C#N)cnn23)ncc1-c1nnc(N2CCN3CCOC[C@H]3C2)s1. The molecule has 36 heavy (non-hydrogen) atoms. The first-order chi connectivity index (χ1) is 17.6. The molecule has 0 bridgehead atoms. The van der Waals surface area contributed by atoms with Crippen LogP contribution in [0.15, 0.2) is 36.7 Å². The number of piperazine rings is 1. The van der Waals surface area contributed by atoms with E-state index in [9.17, 15) is 5.26 Å². The fourth-order valence-electron chi connectivity index (χ4n) is 4.82. The molecule has 0 unspecified atom stereocenters. The van der Waals surface area contributed by atoms with Crippen molar-refractivity contribution in [3.63, 3.8) is 0 Å². The Labute approximate surface area is 213 Å². The van der Waals surface area contributed by atoms with E-state index in [1.54, 1.807) is 22.0 Å². The van der Waals surface area contributed by atoms with Gasteiger partial charge in [-0.05, 0) is 38.1 Å². The van der Waals surface area contributed by atoms with Crippen LogP contribution in [0.3, 0.4) is 0 Å². The summed E-state index contributed by atoms with van der Waals surface area (Å²) in [7, 11) is 0. The highest BCUT2D eigenvalue weighted by Crippen LogP contribution is 2.36. The van der Waals surface area contributed by atoms with Crippen LogP contribution in [0.5, 0.6) is 0 Å². The van der Waals surface area contributed by atoms with Crippen LogP contribution in [0.25, 0.3) is 27.5 Å². The number of pyridine rings is 1. The molecule has 0 radical (unpaired) electrons. The quantitative estimate of drug-likeness (QED) is 0.441. The van der Waals surface area contributed by atoms with Crippen molar-refractivity contribution in [2.75, 3.05) is 49.6 Å². The highest BCUT2D eigenvalue weighted by molar-refractivity contribution is 7.18. The predicted molar refractivity (Wildman–Crippen MR) is 139 cm³/mol. The van der Waals surface area contributed by atoms with E-state index >= 15 is 0 Å². The summed E-state index contributed by atoms with van der Waals surface area (Å²) in [5.41, 5.74) is 4.91. The maximum absolute atomic E-state index is 9.18. The van der Waals surface area contributed by atoms with E-state index in [2.05, 4.69) is 50.3 Å². The lowest BCUT2D eigenvalue weighted by molar-refractivity contribution is -0.0117. The third-order valence-corrected chi connectivity index (χ3v) is 7.61. The van der Waals surface area contributed by atoms with Crippen molar-refractivity contribution in [3.8, 4) is 28.0 Å². The molecule has 0 saturated carbocycles. The van der Waals surface area contributed by atoms with Crippen LogP contribution in [-0.4, -0.2) is 81.2 Å². The zero-order chi connectivity index (χ0) is 24.6. The minimum atomic E-state index is 0.228. The molecule has 1 N–H and O–H groups in total. The Morgan fingerprint density at radius 3 is 2.94 bits per heavy atom. The van der Waals surface area contributed by atoms with Crippen LogP contribution in [-0.2, 0) is 4.74 Å². The van der Waals surface area contributed by atoms with Crippen LogP contribution >= 0.6 is 11.3 Å². The molecule has 4 aromatic heterocycles. The summed E-state index contributed by atoms with van der Waals surface area (Å²) < 4.78 is 7.50. The number of nitrogens with zero attached hydrogens (tertiary/aromatic N) is 8. The van der Waals surface area contributed by atoms with Crippen molar-refractivity contribution < 1.29 is 4.74 Å². The van der Waals surface area contributed by atoms with Gasteiger partial charge in [0, 0.05) is 44.1 Å². The number of aromatic nitrogens is 5. The lowest BCUT2D eigenvalue weighted by atomic mass is 10.1. The molecule has 2 saturated heterocycles. The van der Waals surface area contributed by atoms with Crippen LogP contribution in [0.2, 0.25) is 0 Å². The monoisotopic (exact) mass is 501 g/mol. The number of hydrogen-bond donors (Lipinski definition) is 1. The second-order valence-corrected chi connectivity index (χ2v) is 10.4. The summed E-state index contributed by atoms with van der Waals surface area (Å²) in [6, 6.07) is 10.6. The van der Waals surface area contributed by atoms with Crippen molar-refractivity contribution in [2.45, 2.75) is 25.9 Å². The lowest BCUT2D eigenvalue weighted by Crippen LogP contribution is -2.58. The van der Waals surface area contributed by atoms with Gasteiger partial charge in [-0.15, -0.1) is 10.2 Å². The van der Waals surface area contributed by atoms with Crippen LogP contribution in [0.4, 0.5) is 10.8 Å². The van der Waals surface area contributed by atoms with Crippen LogP contribution in [0.1, 0.15) is 19.4 Å². The predicted octanol–water partition coefficient (Wildman–Crippen LogP) is 3.13. The third-order valence-electron chi connectivity index (χ3n) is 6.59. The van der Waals surface area contributed by atoms with E-state index in [1.165, 1.54) is 0 Å². The first-order valence-corrected chi connectivity index (χ1v) is 13.0. The largest absolute Gasteiger partial charge is 0.382 e. The van der Waals surface area contributed by atoms with Gasteiger partial charge in [-0.1, -0.05) is 11.3 Å². The van der Waals surface area contributed by atoms with E-state index in [4.69, 9.17) is 9.72 Å². The van der Waals surface area contributed by atoms with Gasteiger partial charge in [-0.2, -0.15) is 10.4 Å². The zero-order valence-electron chi connectivity index (χ0n) is 20.3. The number of fused-ring (bicyclic) bond motifs is 2. The van der Waals surface area contributed by atoms with Gasteiger partial charge in [0.05, 0.1) is 53.5 Å². The fraction of sp³-hybridized carbons (Fsp3) is 0.400. The topological polar surface area (TPSA) is 108 Å². The summed E-state index contributed by atoms with van der Waals surface area (Å²) in [5, 5.41) is 28.0. The van der Waals surface area contributed by atoms with Gasteiger partial charge in [0.2, 0.25) is 5.13 Å². The van der Waals surface area contributed by atoms with Gasteiger partial charge >= 0.3 is 0 Å². The van der Waals surface area contributed by atoms with Gasteiger partial charge in [-0.3, -0.25) is 9.88 Å². The molecule has 184 valence electrons. The average molecular weight is 502 g/mol. The van der Waals surface area contributed by atoms with E-state index in [0.29, 0.717) is 11.6 Å². The number of ether oxygens (including phenoxy) is 1. The molecular weight excluding hydrogens is 474 g/mol. The molecule has 1 atom stereocenters. The smallest absolute Gasteiger partial charge is 0.208 e. The molecule has 0 aromatic carbocycles. The molecular formula is C25H27N9OS. The fourth-order valence-corrected chi connectivity index (χ4v) is 5.73. The van der Waals surface area contributed by atoms with Crippen molar-refractivity contribution in [2.24, 2.45) is 0 Å². The summed E-state index contributed by atoms with van der Waals surface area (Å²) in [6.45, 7) is 9.70. The minimum Gasteiger partial charge on any atom is -0.382 e. The molecule has 0 aliphatic carbocycles.